The van der Waals surface area contributed by atoms with Crippen molar-refractivity contribution in [2.24, 2.45) is 16.7 Å². The molecule has 15 heavy (non-hydrogen) atoms. The van der Waals surface area contributed by atoms with E-state index in [1.54, 1.807) is 5.57 Å². The molecule has 0 saturated heterocycles. The van der Waals surface area contributed by atoms with Crippen LogP contribution in [0.1, 0.15) is 52.9 Å². The van der Waals surface area contributed by atoms with Crippen molar-refractivity contribution in [3.05, 3.63) is 11.6 Å². The van der Waals surface area contributed by atoms with E-state index in [4.69, 9.17) is 0 Å². The highest BCUT2D eigenvalue weighted by molar-refractivity contribution is 5.18. The summed E-state index contributed by atoms with van der Waals surface area (Å²) in [6, 6.07) is 0. The van der Waals surface area contributed by atoms with Gasteiger partial charge in [0.15, 0.2) is 0 Å². The highest BCUT2D eigenvalue weighted by Gasteiger charge is 2.43. The summed E-state index contributed by atoms with van der Waals surface area (Å²) in [6.07, 6.45) is 8.69. The molecule has 2 rings (SSSR count). The molecule has 0 bridgehead atoms. The second-order valence-electron chi connectivity index (χ2n) is 6.24. The van der Waals surface area contributed by atoms with Crippen LogP contribution in [0.2, 0.25) is 0 Å². The SMILES string of the molecule is CC1=CCC(CCC2(CO)CC2)C1(C)C. The van der Waals surface area contributed by atoms with Crippen LogP contribution < -0.4 is 0 Å². The van der Waals surface area contributed by atoms with Crippen LogP contribution >= 0.6 is 0 Å². The van der Waals surface area contributed by atoms with E-state index in [2.05, 4.69) is 26.8 Å². The third-order valence-electron chi connectivity index (χ3n) is 5.06. The minimum absolute atomic E-state index is 0.340. The zero-order valence-corrected chi connectivity index (χ0v) is 10.3. The van der Waals surface area contributed by atoms with Gasteiger partial charge in [0.2, 0.25) is 0 Å². The molecular weight excluding hydrogens is 184 g/mol. The van der Waals surface area contributed by atoms with Gasteiger partial charge >= 0.3 is 0 Å². The van der Waals surface area contributed by atoms with Crippen molar-refractivity contribution in [2.75, 3.05) is 6.61 Å². The van der Waals surface area contributed by atoms with E-state index in [1.165, 1.54) is 32.1 Å². The lowest BCUT2D eigenvalue weighted by Gasteiger charge is -2.30. The Hall–Kier alpha value is -0.300. The van der Waals surface area contributed by atoms with Gasteiger partial charge in [-0.3, -0.25) is 0 Å². The normalized spacial score (nSPS) is 31.5. The topological polar surface area (TPSA) is 20.2 Å². The first-order chi connectivity index (χ1) is 7.00. The summed E-state index contributed by atoms with van der Waals surface area (Å²) in [7, 11) is 0. The van der Waals surface area contributed by atoms with Gasteiger partial charge < -0.3 is 5.11 Å². The fraction of sp³-hybridized carbons (Fsp3) is 0.857. The molecule has 0 aromatic rings. The van der Waals surface area contributed by atoms with Gasteiger partial charge in [-0.2, -0.15) is 0 Å². The molecule has 2 aliphatic rings. The summed E-state index contributed by atoms with van der Waals surface area (Å²) in [6.45, 7) is 7.41. The van der Waals surface area contributed by atoms with Crippen LogP contribution in [0.15, 0.2) is 11.6 Å². The first-order valence-corrected chi connectivity index (χ1v) is 6.28. The van der Waals surface area contributed by atoms with E-state index in [0.717, 1.165) is 5.92 Å². The molecule has 1 saturated carbocycles. The summed E-state index contributed by atoms with van der Waals surface area (Å²) >= 11 is 0. The molecule has 1 N–H and O–H groups in total. The smallest absolute Gasteiger partial charge is 0.0487 e. The highest BCUT2D eigenvalue weighted by atomic mass is 16.3. The summed E-state index contributed by atoms with van der Waals surface area (Å²) in [5.74, 6) is 0.807. The second-order valence-corrected chi connectivity index (χ2v) is 6.24. The summed E-state index contributed by atoms with van der Waals surface area (Å²) in [5, 5.41) is 9.30. The summed E-state index contributed by atoms with van der Waals surface area (Å²) in [5.41, 5.74) is 2.29. The largest absolute Gasteiger partial charge is 0.396 e. The predicted molar refractivity (Wildman–Crippen MR) is 63.6 cm³/mol. The maximum atomic E-state index is 9.30. The van der Waals surface area contributed by atoms with Gasteiger partial charge in [-0.15, -0.1) is 0 Å². The molecule has 0 heterocycles. The maximum Gasteiger partial charge on any atom is 0.0487 e. The van der Waals surface area contributed by atoms with Gasteiger partial charge in [-0.05, 0) is 55.8 Å². The molecule has 2 aliphatic carbocycles. The Morgan fingerprint density at radius 3 is 2.47 bits per heavy atom. The molecule has 0 spiro atoms. The minimum Gasteiger partial charge on any atom is -0.396 e. The zero-order valence-electron chi connectivity index (χ0n) is 10.3. The van der Waals surface area contributed by atoms with Gasteiger partial charge in [0.05, 0.1) is 0 Å². The second kappa shape index (κ2) is 3.62. The monoisotopic (exact) mass is 208 g/mol. The molecule has 1 unspecified atom stereocenters. The Labute approximate surface area is 93.6 Å². The molecule has 86 valence electrons. The number of aliphatic hydroxyl groups excluding tert-OH is 1. The molecule has 0 aromatic carbocycles. The average Bonchev–Trinajstić information content (AvgIpc) is 2.92. The molecule has 0 aliphatic heterocycles. The van der Waals surface area contributed by atoms with Gasteiger partial charge in [0.25, 0.3) is 0 Å². The molecule has 0 amide bonds. The van der Waals surface area contributed by atoms with Crippen molar-refractivity contribution in [2.45, 2.75) is 52.9 Å². The van der Waals surface area contributed by atoms with Crippen LogP contribution in [0.5, 0.6) is 0 Å². The number of aliphatic hydroxyl groups is 1. The predicted octanol–water partition coefficient (Wildman–Crippen LogP) is 3.53. The Balaban J connectivity index is 1.87. The van der Waals surface area contributed by atoms with Crippen LogP contribution in [0, 0.1) is 16.7 Å². The minimum atomic E-state index is 0.340. The van der Waals surface area contributed by atoms with Gasteiger partial charge in [-0.1, -0.05) is 25.5 Å². The highest BCUT2D eigenvalue weighted by Crippen LogP contribution is 2.53. The van der Waals surface area contributed by atoms with E-state index < -0.39 is 0 Å². The molecule has 1 heteroatoms. The van der Waals surface area contributed by atoms with E-state index in [9.17, 15) is 5.11 Å². The third-order valence-corrected chi connectivity index (χ3v) is 5.06. The average molecular weight is 208 g/mol. The van der Waals surface area contributed by atoms with E-state index in [1.807, 2.05) is 0 Å². The molecule has 1 atom stereocenters. The standard InChI is InChI=1S/C14H24O/c1-11-4-5-12(13(11,2)3)6-7-14(10-15)8-9-14/h4,12,15H,5-10H2,1-3H3. The Kier molecular flexibility index (Phi) is 2.70. The quantitative estimate of drug-likeness (QED) is 0.701. The number of hydrogen-bond donors (Lipinski definition) is 1. The maximum absolute atomic E-state index is 9.30. The molecule has 1 fully saturated rings. The Bertz CT molecular complexity index is 271. The Morgan fingerprint density at radius 2 is 2.07 bits per heavy atom. The summed E-state index contributed by atoms with van der Waals surface area (Å²) < 4.78 is 0. The lowest BCUT2D eigenvalue weighted by atomic mass is 9.74. The molecule has 1 nitrogen and oxygen atoms in total. The zero-order chi connectivity index (χ0) is 11.1. The van der Waals surface area contributed by atoms with Gasteiger partial charge in [0, 0.05) is 6.61 Å². The molecule has 0 aromatic heterocycles. The van der Waals surface area contributed by atoms with E-state index in [0.29, 0.717) is 17.4 Å². The van der Waals surface area contributed by atoms with Crippen LogP contribution in [0.25, 0.3) is 0 Å². The lowest BCUT2D eigenvalue weighted by Crippen LogP contribution is -2.22. The van der Waals surface area contributed by atoms with Gasteiger partial charge in [0.1, 0.15) is 0 Å². The lowest BCUT2D eigenvalue weighted by molar-refractivity contribution is 0.178. The number of rotatable bonds is 4. The van der Waals surface area contributed by atoms with Crippen molar-refractivity contribution < 1.29 is 5.11 Å². The number of hydrogen-bond acceptors (Lipinski definition) is 1. The fourth-order valence-electron chi connectivity index (χ4n) is 2.82. The van der Waals surface area contributed by atoms with Gasteiger partial charge in [-0.25, -0.2) is 0 Å². The third kappa shape index (κ3) is 1.99. The first-order valence-electron chi connectivity index (χ1n) is 6.28. The Morgan fingerprint density at radius 1 is 1.40 bits per heavy atom. The van der Waals surface area contributed by atoms with Crippen LogP contribution in [-0.2, 0) is 0 Å². The number of allylic oxidation sites excluding steroid dienone is 2. The van der Waals surface area contributed by atoms with Crippen molar-refractivity contribution in [3.63, 3.8) is 0 Å². The van der Waals surface area contributed by atoms with Crippen molar-refractivity contribution >= 4 is 0 Å². The van der Waals surface area contributed by atoms with Crippen molar-refractivity contribution in [1.29, 1.82) is 0 Å². The molecular formula is C14H24O. The summed E-state index contributed by atoms with van der Waals surface area (Å²) in [4.78, 5) is 0. The van der Waals surface area contributed by atoms with Crippen molar-refractivity contribution in [1.82, 2.24) is 0 Å². The van der Waals surface area contributed by atoms with Crippen molar-refractivity contribution in [3.8, 4) is 0 Å². The first kappa shape index (κ1) is 11.2. The van der Waals surface area contributed by atoms with E-state index in [-0.39, 0.29) is 0 Å². The fourth-order valence-corrected chi connectivity index (χ4v) is 2.82. The van der Waals surface area contributed by atoms with Crippen LogP contribution in [-0.4, -0.2) is 11.7 Å². The van der Waals surface area contributed by atoms with Crippen LogP contribution in [0.3, 0.4) is 0 Å². The molecule has 0 radical (unpaired) electrons. The van der Waals surface area contributed by atoms with Crippen LogP contribution in [0.4, 0.5) is 0 Å². The van der Waals surface area contributed by atoms with E-state index >= 15 is 0 Å².